The average molecular weight is 335 g/mol. The first-order chi connectivity index (χ1) is 9.63. The third-order valence-corrected chi connectivity index (χ3v) is 4.03. The Hall–Kier alpha value is -2.01. The fraction of sp³-hybridized carbons (Fsp3) is 0.0667. The van der Waals surface area contributed by atoms with E-state index in [4.69, 9.17) is 10.5 Å². The van der Waals surface area contributed by atoms with Crippen molar-refractivity contribution in [3.63, 3.8) is 0 Å². The molecule has 2 N–H and O–H groups in total. The zero-order valence-electron chi connectivity index (χ0n) is 10.7. The molecule has 0 radical (unpaired) electrons. The predicted molar refractivity (Wildman–Crippen MR) is 81.9 cm³/mol. The van der Waals surface area contributed by atoms with Crippen LogP contribution in [0, 0.1) is 5.82 Å². The van der Waals surface area contributed by atoms with Gasteiger partial charge in [0.05, 0.1) is 23.7 Å². The number of halogens is 2. The minimum Gasteiger partial charge on any atom is -0.497 e. The molecule has 0 amide bonds. The van der Waals surface area contributed by atoms with Crippen molar-refractivity contribution in [2.24, 2.45) is 0 Å². The van der Waals surface area contributed by atoms with E-state index in [2.05, 4.69) is 15.9 Å². The maximum absolute atomic E-state index is 13.9. The minimum atomic E-state index is -0.326. The zero-order chi connectivity index (χ0) is 14.3. The van der Waals surface area contributed by atoms with Crippen LogP contribution in [-0.2, 0) is 0 Å². The third kappa shape index (κ3) is 1.86. The van der Waals surface area contributed by atoms with Gasteiger partial charge in [0, 0.05) is 5.69 Å². The predicted octanol–water partition coefficient (Wildman–Crippen LogP) is 4.12. The molecule has 0 aliphatic heterocycles. The van der Waals surface area contributed by atoms with E-state index in [0.717, 1.165) is 17.0 Å². The molecule has 0 bridgehead atoms. The lowest BCUT2D eigenvalue weighted by atomic mass is 10.2. The average Bonchev–Trinajstić information content (AvgIpc) is 2.72. The Morgan fingerprint density at radius 1 is 1.15 bits per heavy atom. The van der Waals surface area contributed by atoms with Crippen LogP contribution in [0.5, 0.6) is 5.75 Å². The van der Waals surface area contributed by atoms with Crippen molar-refractivity contribution < 1.29 is 9.13 Å². The van der Waals surface area contributed by atoms with Gasteiger partial charge in [-0.25, -0.2) is 4.39 Å². The molecular formula is C15H12BrFN2O. The summed E-state index contributed by atoms with van der Waals surface area (Å²) in [5.41, 5.74) is 8.00. The standard InChI is InChI=1S/C15H12BrFN2O/c1-20-10-7-5-9(6-8-10)19-12-4-2-3-11(17)13(12)14(18)15(19)16/h2-8H,18H2,1H3. The largest absolute Gasteiger partial charge is 0.497 e. The van der Waals surface area contributed by atoms with Gasteiger partial charge < -0.3 is 15.0 Å². The molecule has 2 aromatic carbocycles. The molecule has 0 fully saturated rings. The third-order valence-electron chi connectivity index (χ3n) is 3.25. The summed E-state index contributed by atoms with van der Waals surface area (Å²) in [5.74, 6) is 0.438. The number of nitrogens with zero attached hydrogens (tertiary/aromatic N) is 1. The highest BCUT2D eigenvalue weighted by Gasteiger charge is 2.17. The molecular weight excluding hydrogens is 323 g/mol. The van der Waals surface area contributed by atoms with E-state index >= 15 is 0 Å². The number of hydrogen-bond donors (Lipinski definition) is 1. The number of benzene rings is 2. The van der Waals surface area contributed by atoms with Crippen molar-refractivity contribution in [2.45, 2.75) is 0 Å². The van der Waals surface area contributed by atoms with Gasteiger partial charge in [-0.3, -0.25) is 0 Å². The van der Waals surface area contributed by atoms with E-state index in [9.17, 15) is 4.39 Å². The van der Waals surface area contributed by atoms with Crippen molar-refractivity contribution in [3.8, 4) is 11.4 Å². The lowest BCUT2D eigenvalue weighted by Crippen LogP contribution is -1.95. The quantitative estimate of drug-likeness (QED) is 0.765. The maximum atomic E-state index is 13.9. The van der Waals surface area contributed by atoms with Crippen molar-refractivity contribution in [1.29, 1.82) is 0 Å². The van der Waals surface area contributed by atoms with Gasteiger partial charge in [-0.1, -0.05) is 6.07 Å². The summed E-state index contributed by atoms with van der Waals surface area (Å²) in [6, 6.07) is 12.4. The summed E-state index contributed by atoms with van der Waals surface area (Å²) in [7, 11) is 1.61. The monoisotopic (exact) mass is 334 g/mol. The molecule has 20 heavy (non-hydrogen) atoms. The van der Waals surface area contributed by atoms with Crippen molar-refractivity contribution >= 4 is 32.5 Å². The Balaban J connectivity index is 2.30. The van der Waals surface area contributed by atoms with Gasteiger partial charge >= 0.3 is 0 Å². The van der Waals surface area contributed by atoms with E-state index < -0.39 is 0 Å². The highest BCUT2D eigenvalue weighted by atomic mass is 79.9. The second-order valence-corrected chi connectivity index (χ2v) is 5.12. The number of fused-ring (bicyclic) bond motifs is 1. The second-order valence-electron chi connectivity index (χ2n) is 4.37. The van der Waals surface area contributed by atoms with Crippen molar-refractivity contribution in [1.82, 2.24) is 4.57 Å². The van der Waals surface area contributed by atoms with Crippen molar-refractivity contribution in [2.75, 3.05) is 12.8 Å². The number of aromatic nitrogens is 1. The van der Waals surface area contributed by atoms with E-state index in [1.54, 1.807) is 13.2 Å². The number of methoxy groups -OCH3 is 1. The van der Waals surface area contributed by atoms with Crippen LogP contribution in [0.2, 0.25) is 0 Å². The minimum absolute atomic E-state index is 0.326. The van der Waals surface area contributed by atoms with Gasteiger partial charge in [0.1, 0.15) is 16.2 Å². The van der Waals surface area contributed by atoms with E-state index in [1.165, 1.54) is 6.07 Å². The first kappa shape index (κ1) is 13.0. The maximum Gasteiger partial charge on any atom is 0.134 e. The topological polar surface area (TPSA) is 40.2 Å². The highest BCUT2D eigenvalue weighted by Crippen LogP contribution is 2.36. The van der Waals surface area contributed by atoms with Gasteiger partial charge in [-0.2, -0.15) is 0 Å². The Morgan fingerprint density at radius 2 is 1.85 bits per heavy atom. The Labute approximate surface area is 123 Å². The van der Waals surface area contributed by atoms with E-state index in [0.29, 0.717) is 15.7 Å². The van der Waals surface area contributed by atoms with E-state index in [1.807, 2.05) is 34.9 Å². The number of nitrogens with two attached hydrogens (primary N) is 1. The summed E-state index contributed by atoms with van der Waals surface area (Å²) >= 11 is 3.44. The molecule has 1 heterocycles. The SMILES string of the molecule is COc1ccc(-n2c(Br)c(N)c3c(F)cccc32)cc1. The first-order valence-corrected chi connectivity index (χ1v) is 6.81. The summed E-state index contributed by atoms with van der Waals surface area (Å²) in [6.45, 7) is 0. The van der Waals surface area contributed by atoms with Crippen LogP contribution in [-0.4, -0.2) is 11.7 Å². The summed E-state index contributed by atoms with van der Waals surface area (Å²) in [5, 5.41) is 0.426. The molecule has 0 aliphatic carbocycles. The normalized spacial score (nSPS) is 10.9. The Bertz CT molecular complexity index is 781. The van der Waals surface area contributed by atoms with Crippen LogP contribution in [0.1, 0.15) is 0 Å². The summed E-state index contributed by atoms with van der Waals surface area (Å²) in [6.07, 6.45) is 0. The number of hydrogen-bond acceptors (Lipinski definition) is 2. The zero-order valence-corrected chi connectivity index (χ0v) is 12.3. The van der Waals surface area contributed by atoms with Crippen LogP contribution >= 0.6 is 15.9 Å². The summed E-state index contributed by atoms with van der Waals surface area (Å²) in [4.78, 5) is 0. The van der Waals surface area contributed by atoms with Crippen LogP contribution in [0.25, 0.3) is 16.6 Å². The molecule has 3 aromatic rings. The molecule has 3 nitrogen and oxygen atoms in total. The fourth-order valence-corrected chi connectivity index (χ4v) is 2.87. The number of ether oxygens (including phenoxy) is 1. The first-order valence-electron chi connectivity index (χ1n) is 6.02. The van der Waals surface area contributed by atoms with E-state index in [-0.39, 0.29) is 5.82 Å². The van der Waals surface area contributed by atoms with Crippen LogP contribution in [0.15, 0.2) is 47.1 Å². The second kappa shape index (κ2) is 4.83. The molecule has 0 aliphatic rings. The van der Waals surface area contributed by atoms with Gasteiger partial charge in [0.15, 0.2) is 0 Å². The molecule has 102 valence electrons. The summed E-state index contributed by atoms with van der Waals surface area (Å²) < 4.78 is 21.6. The molecule has 0 saturated heterocycles. The highest BCUT2D eigenvalue weighted by molar-refractivity contribution is 9.10. The molecule has 0 saturated carbocycles. The molecule has 0 atom stereocenters. The van der Waals surface area contributed by atoms with Gasteiger partial charge in [-0.05, 0) is 52.3 Å². The van der Waals surface area contributed by atoms with Crippen molar-refractivity contribution in [3.05, 3.63) is 52.9 Å². The van der Waals surface area contributed by atoms with Crippen LogP contribution in [0.3, 0.4) is 0 Å². The number of anilines is 1. The lowest BCUT2D eigenvalue weighted by Gasteiger charge is -2.08. The smallest absolute Gasteiger partial charge is 0.134 e. The molecule has 1 aromatic heterocycles. The molecule has 0 unspecified atom stereocenters. The molecule has 5 heteroatoms. The Kier molecular flexibility index (Phi) is 3.14. The number of nitrogen functional groups attached to an aromatic ring is 1. The molecule has 3 rings (SSSR count). The van der Waals surface area contributed by atoms with Crippen LogP contribution < -0.4 is 10.5 Å². The van der Waals surface area contributed by atoms with Crippen LogP contribution in [0.4, 0.5) is 10.1 Å². The van der Waals surface area contributed by atoms with Gasteiger partial charge in [0.2, 0.25) is 0 Å². The molecule has 0 spiro atoms. The number of rotatable bonds is 2. The fourth-order valence-electron chi connectivity index (χ4n) is 2.28. The lowest BCUT2D eigenvalue weighted by molar-refractivity contribution is 0.415. The van der Waals surface area contributed by atoms with Gasteiger partial charge in [0.25, 0.3) is 0 Å². The van der Waals surface area contributed by atoms with Gasteiger partial charge in [-0.15, -0.1) is 0 Å². The Morgan fingerprint density at radius 3 is 2.50 bits per heavy atom.